The molecule has 0 radical (unpaired) electrons. The molecule has 1 aromatic carbocycles. The summed E-state index contributed by atoms with van der Waals surface area (Å²) in [5, 5.41) is 2.95. The van der Waals surface area contributed by atoms with Crippen LogP contribution < -0.4 is 5.32 Å². The van der Waals surface area contributed by atoms with E-state index in [9.17, 15) is 9.59 Å². The zero-order chi connectivity index (χ0) is 11.9. The number of hydrogen-bond donors (Lipinski definition) is 1. The molecule has 88 valence electrons. The van der Waals surface area contributed by atoms with Crippen LogP contribution in [0, 0.1) is 0 Å². The van der Waals surface area contributed by atoms with E-state index in [1.54, 1.807) is 0 Å². The summed E-state index contributed by atoms with van der Waals surface area (Å²) >= 11 is 0. The van der Waals surface area contributed by atoms with Crippen molar-refractivity contribution >= 4 is 11.7 Å². The first-order chi connectivity index (χ1) is 8.21. The standard InChI is InChI=1S/C14H15NO2/c16-12-7-3-4-8-14(12)9-10-5-1-2-6-11(10)13(17)15-14/h1-2,5-6H,3-4,7-9H2,(H,15,17). The van der Waals surface area contributed by atoms with E-state index in [-0.39, 0.29) is 11.7 Å². The third kappa shape index (κ3) is 1.57. The lowest BCUT2D eigenvalue weighted by Gasteiger charge is -2.40. The summed E-state index contributed by atoms with van der Waals surface area (Å²) in [7, 11) is 0. The number of benzene rings is 1. The van der Waals surface area contributed by atoms with Crippen LogP contribution in [0.2, 0.25) is 0 Å². The molecule has 0 saturated heterocycles. The number of hydrogen-bond acceptors (Lipinski definition) is 2. The van der Waals surface area contributed by atoms with Crippen molar-refractivity contribution in [2.24, 2.45) is 0 Å². The fraction of sp³-hybridized carbons (Fsp3) is 0.429. The van der Waals surface area contributed by atoms with Gasteiger partial charge in [0.25, 0.3) is 5.91 Å². The summed E-state index contributed by atoms with van der Waals surface area (Å²) < 4.78 is 0. The second-order valence-corrected chi connectivity index (χ2v) is 5.00. The number of carbonyl (C=O) groups excluding carboxylic acids is 2. The van der Waals surface area contributed by atoms with Crippen LogP contribution in [0.3, 0.4) is 0 Å². The van der Waals surface area contributed by atoms with Gasteiger partial charge < -0.3 is 5.32 Å². The highest BCUT2D eigenvalue weighted by Gasteiger charge is 2.44. The van der Waals surface area contributed by atoms with E-state index < -0.39 is 5.54 Å². The maximum absolute atomic E-state index is 12.1. The molecular formula is C14H15NO2. The molecular weight excluding hydrogens is 214 g/mol. The summed E-state index contributed by atoms with van der Waals surface area (Å²) in [6, 6.07) is 7.57. The van der Waals surface area contributed by atoms with E-state index in [0.717, 1.165) is 30.4 Å². The Hall–Kier alpha value is -1.64. The van der Waals surface area contributed by atoms with Gasteiger partial charge in [-0.05, 0) is 24.5 Å². The van der Waals surface area contributed by atoms with E-state index in [2.05, 4.69) is 5.32 Å². The Balaban J connectivity index is 2.03. The second kappa shape index (κ2) is 3.69. The molecule has 1 spiro atoms. The van der Waals surface area contributed by atoms with Crippen LogP contribution in [0.4, 0.5) is 0 Å². The maximum Gasteiger partial charge on any atom is 0.252 e. The zero-order valence-electron chi connectivity index (χ0n) is 9.66. The van der Waals surface area contributed by atoms with Crippen molar-refractivity contribution in [3.63, 3.8) is 0 Å². The summed E-state index contributed by atoms with van der Waals surface area (Å²) in [5.74, 6) is 0.105. The highest BCUT2D eigenvalue weighted by Crippen LogP contribution is 2.32. The first-order valence-electron chi connectivity index (χ1n) is 6.15. The van der Waals surface area contributed by atoms with Crippen LogP contribution in [0.15, 0.2) is 24.3 Å². The molecule has 3 heteroatoms. The number of carbonyl (C=O) groups is 2. The lowest BCUT2D eigenvalue weighted by atomic mass is 9.73. The normalized spacial score (nSPS) is 27.8. The quantitative estimate of drug-likeness (QED) is 0.738. The number of nitrogens with one attached hydrogen (secondary N) is 1. The van der Waals surface area contributed by atoms with E-state index >= 15 is 0 Å². The van der Waals surface area contributed by atoms with Gasteiger partial charge in [0.15, 0.2) is 5.78 Å². The van der Waals surface area contributed by atoms with Gasteiger partial charge in [0.05, 0.1) is 0 Å². The molecule has 1 aliphatic heterocycles. The number of ketones is 1. The molecule has 1 N–H and O–H groups in total. The van der Waals surface area contributed by atoms with E-state index in [1.165, 1.54) is 0 Å². The molecule has 0 bridgehead atoms. The molecule has 2 aliphatic rings. The highest BCUT2D eigenvalue weighted by atomic mass is 16.2. The lowest BCUT2D eigenvalue weighted by molar-refractivity contribution is -0.127. The second-order valence-electron chi connectivity index (χ2n) is 5.00. The third-order valence-electron chi connectivity index (χ3n) is 3.90. The van der Waals surface area contributed by atoms with Gasteiger partial charge in [-0.1, -0.05) is 24.6 Å². The predicted octanol–water partition coefficient (Wildman–Crippen LogP) is 1.85. The van der Waals surface area contributed by atoms with Gasteiger partial charge in [-0.15, -0.1) is 0 Å². The molecule has 1 aliphatic carbocycles. The van der Waals surface area contributed by atoms with E-state index in [1.807, 2.05) is 24.3 Å². The summed E-state index contributed by atoms with van der Waals surface area (Å²) in [6.45, 7) is 0. The minimum Gasteiger partial charge on any atom is -0.339 e. The highest BCUT2D eigenvalue weighted by molar-refractivity contribution is 6.03. The summed E-state index contributed by atoms with van der Waals surface area (Å²) in [6.07, 6.45) is 4.02. The van der Waals surface area contributed by atoms with Gasteiger partial charge in [0, 0.05) is 18.4 Å². The van der Waals surface area contributed by atoms with Crippen molar-refractivity contribution in [1.82, 2.24) is 5.32 Å². The SMILES string of the molecule is O=C1NC2(CCCCC2=O)Cc2ccccc21. The average Bonchev–Trinajstić information content (AvgIpc) is 2.33. The Labute approximate surface area is 100 Å². The van der Waals surface area contributed by atoms with Crippen LogP contribution in [0.1, 0.15) is 41.6 Å². The predicted molar refractivity (Wildman–Crippen MR) is 63.8 cm³/mol. The lowest BCUT2D eigenvalue weighted by Crippen LogP contribution is -2.60. The minimum absolute atomic E-state index is 0.0953. The van der Waals surface area contributed by atoms with Gasteiger partial charge in [-0.25, -0.2) is 0 Å². The monoisotopic (exact) mass is 229 g/mol. The Morgan fingerprint density at radius 3 is 2.76 bits per heavy atom. The Morgan fingerprint density at radius 1 is 1.12 bits per heavy atom. The first-order valence-corrected chi connectivity index (χ1v) is 6.15. The molecule has 3 rings (SSSR count). The average molecular weight is 229 g/mol. The van der Waals surface area contributed by atoms with Crippen molar-refractivity contribution in [1.29, 1.82) is 0 Å². The molecule has 0 aromatic heterocycles. The first kappa shape index (κ1) is 10.5. The maximum atomic E-state index is 12.1. The van der Waals surface area contributed by atoms with Crippen LogP contribution >= 0.6 is 0 Å². The van der Waals surface area contributed by atoms with Gasteiger partial charge in [-0.3, -0.25) is 9.59 Å². The number of amides is 1. The van der Waals surface area contributed by atoms with E-state index in [4.69, 9.17) is 0 Å². The Kier molecular flexibility index (Phi) is 2.28. The number of rotatable bonds is 0. The van der Waals surface area contributed by atoms with Crippen molar-refractivity contribution in [2.75, 3.05) is 0 Å². The van der Waals surface area contributed by atoms with Crippen LogP contribution in [0.5, 0.6) is 0 Å². The van der Waals surface area contributed by atoms with Gasteiger partial charge in [0.1, 0.15) is 5.54 Å². The third-order valence-corrected chi connectivity index (χ3v) is 3.90. The molecule has 1 amide bonds. The van der Waals surface area contributed by atoms with Gasteiger partial charge >= 0.3 is 0 Å². The largest absolute Gasteiger partial charge is 0.339 e. The summed E-state index contributed by atoms with van der Waals surface area (Å²) in [4.78, 5) is 24.2. The Morgan fingerprint density at radius 2 is 1.94 bits per heavy atom. The molecule has 1 heterocycles. The van der Waals surface area contributed by atoms with Crippen molar-refractivity contribution < 1.29 is 9.59 Å². The van der Waals surface area contributed by atoms with Crippen molar-refractivity contribution in [3.8, 4) is 0 Å². The Bertz CT molecular complexity index is 495. The van der Waals surface area contributed by atoms with Crippen LogP contribution in [-0.4, -0.2) is 17.2 Å². The zero-order valence-corrected chi connectivity index (χ0v) is 9.66. The molecule has 1 aromatic rings. The fourth-order valence-corrected chi connectivity index (χ4v) is 2.96. The number of fused-ring (bicyclic) bond motifs is 1. The topological polar surface area (TPSA) is 46.2 Å². The van der Waals surface area contributed by atoms with Crippen LogP contribution in [0.25, 0.3) is 0 Å². The summed E-state index contributed by atoms with van der Waals surface area (Å²) in [5.41, 5.74) is 1.12. The number of Topliss-reactive ketones (excluding diaryl/α,β-unsaturated/α-hetero) is 1. The molecule has 1 saturated carbocycles. The minimum atomic E-state index is -0.607. The molecule has 17 heavy (non-hydrogen) atoms. The molecule has 1 unspecified atom stereocenters. The fourth-order valence-electron chi connectivity index (χ4n) is 2.96. The molecule has 3 nitrogen and oxygen atoms in total. The molecule has 1 fully saturated rings. The van der Waals surface area contributed by atoms with Crippen LogP contribution in [-0.2, 0) is 11.2 Å². The smallest absolute Gasteiger partial charge is 0.252 e. The van der Waals surface area contributed by atoms with Gasteiger partial charge in [0.2, 0.25) is 0 Å². The van der Waals surface area contributed by atoms with E-state index in [0.29, 0.717) is 12.8 Å². The van der Waals surface area contributed by atoms with Crippen molar-refractivity contribution in [2.45, 2.75) is 37.6 Å². The van der Waals surface area contributed by atoms with Crippen molar-refractivity contribution in [3.05, 3.63) is 35.4 Å². The molecule has 1 atom stereocenters. The van der Waals surface area contributed by atoms with Gasteiger partial charge in [-0.2, -0.15) is 0 Å².